The molecule has 0 saturated carbocycles. The summed E-state index contributed by atoms with van der Waals surface area (Å²) in [7, 11) is 0. The molecule has 5 nitrogen and oxygen atoms in total. The summed E-state index contributed by atoms with van der Waals surface area (Å²) in [6.45, 7) is 7.16. The van der Waals surface area contributed by atoms with Crippen molar-refractivity contribution < 1.29 is 0 Å². The highest BCUT2D eigenvalue weighted by Crippen LogP contribution is 2.27. The summed E-state index contributed by atoms with van der Waals surface area (Å²) in [5.41, 5.74) is 1.50. The van der Waals surface area contributed by atoms with Crippen LogP contribution in [0.3, 0.4) is 0 Å². The zero-order chi connectivity index (χ0) is 19.7. The van der Waals surface area contributed by atoms with Crippen LogP contribution in [0.25, 0.3) is 16.6 Å². The van der Waals surface area contributed by atoms with Gasteiger partial charge in [0.15, 0.2) is 0 Å². The molecule has 1 aromatic heterocycles. The van der Waals surface area contributed by atoms with Gasteiger partial charge in [0.1, 0.15) is 5.82 Å². The van der Waals surface area contributed by atoms with Crippen molar-refractivity contribution in [1.82, 2.24) is 19.8 Å². The van der Waals surface area contributed by atoms with Crippen LogP contribution >= 0.6 is 11.6 Å². The first-order valence-electron chi connectivity index (χ1n) is 9.83. The van der Waals surface area contributed by atoms with Gasteiger partial charge in [-0.2, -0.15) is 0 Å². The van der Waals surface area contributed by atoms with Crippen molar-refractivity contribution in [3.05, 3.63) is 69.7 Å². The minimum absolute atomic E-state index is 0.0374. The average Bonchev–Trinajstić information content (AvgIpc) is 2.70. The van der Waals surface area contributed by atoms with Crippen molar-refractivity contribution >= 4 is 22.5 Å². The third-order valence-corrected chi connectivity index (χ3v) is 5.66. The quantitative estimate of drug-likeness (QED) is 0.729. The molecule has 1 N–H and O–H groups in total. The molecule has 4 rings (SSSR count). The summed E-state index contributed by atoms with van der Waals surface area (Å²) in [6.07, 6.45) is 0.880. The molecule has 0 spiro atoms. The highest BCUT2D eigenvalue weighted by molar-refractivity contribution is 6.30. The van der Waals surface area contributed by atoms with E-state index in [0.717, 1.165) is 43.1 Å². The zero-order valence-corrected chi connectivity index (χ0v) is 17.0. The number of fused-ring (bicyclic) bond motifs is 1. The molecular weight excluding hydrogens is 372 g/mol. The van der Waals surface area contributed by atoms with E-state index in [1.807, 2.05) is 48.5 Å². The zero-order valence-electron chi connectivity index (χ0n) is 16.2. The van der Waals surface area contributed by atoms with E-state index >= 15 is 0 Å². The van der Waals surface area contributed by atoms with Gasteiger partial charge in [0.05, 0.1) is 22.6 Å². The smallest absolute Gasteiger partial charge is 0.266 e. The third kappa shape index (κ3) is 3.58. The molecule has 0 bridgehead atoms. The molecule has 0 amide bonds. The van der Waals surface area contributed by atoms with E-state index in [1.54, 1.807) is 4.57 Å². The number of halogens is 1. The molecule has 1 aliphatic rings. The molecule has 2 aromatic carbocycles. The highest BCUT2D eigenvalue weighted by Gasteiger charge is 2.28. The van der Waals surface area contributed by atoms with Crippen molar-refractivity contribution in [3.63, 3.8) is 0 Å². The highest BCUT2D eigenvalue weighted by atomic mass is 35.5. The average molecular weight is 397 g/mol. The second-order valence-corrected chi connectivity index (χ2v) is 7.81. The molecule has 3 aromatic rings. The third-order valence-electron chi connectivity index (χ3n) is 5.41. The summed E-state index contributed by atoms with van der Waals surface area (Å²) in [4.78, 5) is 20.9. The SMILES string of the molecule is CC[C@@H](c1nc2ccccc2c(=O)n1-c1ccc(Cl)cc1)N1CCN[C@H](C)C1. The molecule has 1 aliphatic heterocycles. The topological polar surface area (TPSA) is 50.2 Å². The van der Waals surface area contributed by atoms with Gasteiger partial charge in [0, 0.05) is 30.7 Å². The number of para-hydroxylation sites is 1. The van der Waals surface area contributed by atoms with Crippen molar-refractivity contribution in [3.8, 4) is 5.69 Å². The Bertz CT molecular complexity index is 1030. The number of nitrogens with one attached hydrogen (secondary N) is 1. The lowest BCUT2D eigenvalue weighted by Gasteiger charge is -2.37. The van der Waals surface area contributed by atoms with Crippen molar-refractivity contribution in [2.45, 2.75) is 32.4 Å². The molecule has 0 aliphatic carbocycles. The van der Waals surface area contributed by atoms with Crippen LogP contribution in [-0.2, 0) is 0 Å². The van der Waals surface area contributed by atoms with Crippen LogP contribution in [0.1, 0.15) is 32.1 Å². The number of nitrogens with zero attached hydrogens (tertiary/aromatic N) is 3. The Balaban J connectivity index is 1.93. The maximum absolute atomic E-state index is 13.5. The predicted octanol–water partition coefficient (Wildman–Crippen LogP) is 3.78. The van der Waals surface area contributed by atoms with Crippen LogP contribution in [0.2, 0.25) is 5.02 Å². The molecule has 0 radical (unpaired) electrons. The first-order chi connectivity index (χ1) is 13.6. The Hall–Kier alpha value is -2.21. The molecule has 146 valence electrons. The van der Waals surface area contributed by atoms with E-state index in [2.05, 4.69) is 24.1 Å². The Labute approximate surface area is 170 Å². The van der Waals surface area contributed by atoms with Gasteiger partial charge in [-0.15, -0.1) is 0 Å². The van der Waals surface area contributed by atoms with E-state index in [4.69, 9.17) is 16.6 Å². The molecule has 2 heterocycles. The van der Waals surface area contributed by atoms with Crippen LogP contribution in [0.15, 0.2) is 53.3 Å². The van der Waals surface area contributed by atoms with Crippen molar-refractivity contribution in [2.75, 3.05) is 19.6 Å². The maximum atomic E-state index is 13.5. The van der Waals surface area contributed by atoms with Gasteiger partial charge >= 0.3 is 0 Å². The lowest BCUT2D eigenvalue weighted by atomic mass is 10.1. The normalized spacial score (nSPS) is 19.0. The van der Waals surface area contributed by atoms with Gasteiger partial charge in [-0.1, -0.05) is 30.7 Å². The van der Waals surface area contributed by atoms with Gasteiger partial charge < -0.3 is 5.32 Å². The van der Waals surface area contributed by atoms with Crippen LogP contribution in [-0.4, -0.2) is 40.1 Å². The molecule has 0 unspecified atom stereocenters. The second-order valence-electron chi connectivity index (χ2n) is 7.38. The largest absolute Gasteiger partial charge is 0.312 e. The fraction of sp³-hybridized carbons (Fsp3) is 0.364. The number of piperazine rings is 1. The Morgan fingerprint density at radius 3 is 2.68 bits per heavy atom. The lowest BCUT2D eigenvalue weighted by molar-refractivity contribution is 0.137. The van der Waals surface area contributed by atoms with Gasteiger partial charge in [0.25, 0.3) is 5.56 Å². The molecule has 2 atom stereocenters. The fourth-order valence-electron chi connectivity index (χ4n) is 4.06. The van der Waals surface area contributed by atoms with Gasteiger partial charge in [0.2, 0.25) is 0 Å². The summed E-state index contributed by atoms with van der Waals surface area (Å²) in [5, 5.41) is 4.77. The number of hydrogen-bond acceptors (Lipinski definition) is 4. The van der Waals surface area contributed by atoms with Crippen LogP contribution in [0, 0.1) is 0 Å². The molecular formula is C22H25ClN4O. The van der Waals surface area contributed by atoms with Gasteiger partial charge in [-0.3, -0.25) is 14.3 Å². The Morgan fingerprint density at radius 2 is 1.96 bits per heavy atom. The molecule has 1 saturated heterocycles. The summed E-state index contributed by atoms with van der Waals surface area (Å²) in [6, 6.07) is 15.5. The minimum atomic E-state index is -0.0374. The first kappa shape index (κ1) is 19.1. The standard InChI is InChI=1S/C22H25ClN4O/c1-3-20(26-13-12-24-15(2)14-26)21-25-19-7-5-4-6-18(19)22(28)27(21)17-10-8-16(23)9-11-17/h4-11,15,20,24H,3,12-14H2,1-2H3/t15-,20+/m1/s1. The summed E-state index contributed by atoms with van der Waals surface area (Å²) >= 11 is 6.08. The monoisotopic (exact) mass is 396 g/mol. The van der Waals surface area contributed by atoms with Crippen molar-refractivity contribution in [1.29, 1.82) is 0 Å². The summed E-state index contributed by atoms with van der Waals surface area (Å²) in [5.74, 6) is 0.794. The second kappa shape index (κ2) is 8.03. The predicted molar refractivity (Wildman–Crippen MR) is 114 cm³/mol. The number of hydrogen-bond donors (Lipinski definition) is 1. The number of aromatic nitrogens is 2. The minimum Gasteiger partial charge on any atom is -0.312 e. The van der Waals surface area contributed by atoms with E-state index in [-0.39, 0.29) is 11.6 Å². The van der Waals surface area contributed by atoms with Crippen molar-refractivity contribution in [2.24, 2.45) is 0 Å². The van der Waals surface area contributed by atoms with E-state index in [0.29, 0.717) is 16.5 Å². The Kier molecular flexibility index (Phi) is 5.49. The van der Waals surface area contributed by atoms with E-state index < -0.39 is 0 Å². The molecule has 1 fully saturated rings. The lowest BCUT2D eigenvalue weighted by Crippen LogP contribution is -2.51. The Morgan fingerprint density at radius 1 is 1.21 bits per heavy atom. The van der Waals surface area contributed by atoms with E-state index in [9.17, 15) is 4.79 Å². The fourth-order valence-corrected chi connectivity index (χ4v) is 4.19. The van der Waals surface area contributed by atoms with Crippen LogP contribution in [0.4, 0.5) is 0 Å². The maximum Gasteiger partial charge on any atom is 0.266 e. The molecule has 6 heteroatoms. The summed E-state index contributed by atoms with van der Waals surface area (Å²) < 4.78 is 1.76. The van der Waals surface area contributed by atoms with Crippen LogP contribution < -0.4 is 10.9 Å². The molecule has 28 heavy (non-hydrogen) atoms. The van der Waals surface area contributed by atoms with Gasteiger partial charge in [-0.25, -0.2) is 4.98 Å². The van der Waals surface area contributed by atoms with E-state index in [1.165, 1.54) is 0 Å². The number of benzene rings is 2. The van der Waals surface area contributed by atoms with Gasteiger partial charge in [-0.05, 0) is 49.7 Å². The first-order valence-corrected chi connectivity index (χ1v) is 10.2. The van der Waals surface area contributed by atoms with Crippen LogP contribution in [0.5, 0.6) is 0 Å². The number of rotatable bonds is 4.